The molecule has 0 bridgehead atoms. The zero-order valence-electron chi connectivity index (χ0n) is 9.26. The Kier molecular flexibility index (Phi) is 3.65. The van der Waals surface area contributed by atoms with E-state index in [4.69, 9.17) is 11.6 Å². The highest BCUT2D eigenvalue weighted by molar-refractivity contribution is 9.10. The highest BCUT2D eigenvalue weighted by Gasteiger charge is 2.18. The van der Waals surface area contributed by atoms with Gasteiger partial charge in [-0.15, -0.1) is 0 Å². The minimum Gasteiger partial charge on any atom is -0.339 e. The smallest absolute Gasteiger partial charge is 0.280 e. The Morgan fingerprint density at radius 3 is 2.78 bits per heavy atom. The number of rotatable bonds is 3. The SMILES string of the molecule is Cn1cnc(S(=O)(=O)Nc2cccc(Cl)c2Br)c1. The molecule has 0 aliphatic rings. The van der Waals surface area contributed by atoms with Crippen molar-refractivity contribution in [2.75, 3.05) is 4.72 Å². The second-order valence-electron chi connectivity index (χ2n) is 3.58. The minimum absolute atomic E-state index is 0.0446. The zero-order valence-corrected chi connectivity index (χ0v) is 12.4. The van der Waals surface area contributed by atoms with Crippen molar-refractivity contribution in [2.45, 2.75) is 5.03 Å². The second-order valence-corrected chi connectivity index (χ2v) is 6.41. The van der Waals surface area contributed by atoms with Gasteiger partial charge in [0.25, 0.3) is 10.0 Å². The van der Waals surface area contributed by atoms with E-state index in [2.05, 4.69) is 25.6 Å². The van der Waals surface area contributed by atoms with Crippen molar-refractivity contribution in [1.82, 2.24) is 9.55 Å². The predicted molar refractivity (Wildman–Crippen MR) is 73.2 cm³/mol. The fourth-order valence-electron chi connectivity index (χ4n) is 1.31. The molecule has 5 nitrogen and oxygen atoms in total. The number of nitrogens with one attached hydrogen (secondary N) is 1. The fraction of sp³-hybridized carbons (Fsp3) is 0.100. The summed E-state index contributed by atoms with van der Waals surface area (Å²) in [5.41, 5.74) is 0.369. The predicted octanol–water partition coefficient (Wildman–Crippen LogP) is 2.64. The molecule has 2 aromatic rings. The summed E-state index contributed by atoms with van der Waals surface area (Å²) in [5, 5.41) is 0.382. The molecule has 0 atom stereocenters. The highest BCUT2D eigenvalue weighted by atomic mass is 79.9. The monoisotopic (exact) mass is 349 g/mol. The van der Waals surface area contributed by atoms with E-state index in [1.54, 1.807) is 29.8 Å². The van der Waals surface area contributed by atoms with Crippen molar-refractivity contribution in [3.05, 3.63) is 40.2 Å². The first kappa shape index (κ1) is 13.4. The van der Waals surface area contributed by atoms with Gasteiger partial charge in [0.1, 0.15) is 0 Å². The Balaban J connectivity index is 2.37. The van der Waals surface area contributed by atoms with Crippen LogP contribution in [0.15, 0.2) is 40.2 Å². The molecule has 0 saturated carbocycles. The molecule has 1 N–H and O–H groups in total. The van der Waals surface area contributed by atoms with Crippen LogP contribution in [0.2, 0.25) is 5.02 Å². The number of nitrogens with zero attached hydrogens (tertiary/aromatic N) is 2. The van der Waals surface area contributed by atoms with Crippen molar-refractivity contribution >= 4 is 43.2 Å². The van der Waals surface area contributed by atoms with Crippen LogP contribution in [-0.2, 0) is 17.1 Å². The molecule has 18 heavy (non-hydrogen) atoms. The molecular formula is C10H9BrClN3O2S. The molecule has 0 unspecified atom stereocenters. The minimum atomic E-state index is -3.70. The Hall–Kier alpha value is -1.05. The van der Waals surface area contributed by atoms with Gasteiger partial charge >= 0.3 is 0 Å². The van der Waals surface area contributed by atoms with Crippen LogP contribution in [0.5, 0.6) is 0 Å². The van der Waals surface area contributed by atoms with E-state index in [1.807, 2.05) is 0 Å². The average molecular weight is 351 g/mol. The molecule has 96 valence electrons. The Bertz CT molecular complexity index is 684. The molecule has 8 heteroatoms. The summed E-state index contributed by atoms with van der Waals surface area (Å²) in [7, 11) is -2.01. The van der Waals surface area contributed by atoms with E-state index in [0.29, 0.717) is 15.2 Å². The van der Waals surface area contributed by atoms with Crippen LogP contribution in [0.4, 0.5) is 5.69 Å². The lowest BCUT2D eigenvalue weighted by molar-refractivity contribution is 0.598. The molecule has 0 radical (unpaired) electrons. The summed E-state index contributed by atoms with van der Waals surface area (Å²) in [4.78, 5) is 3.80. The summed E-state index contributed by atoms with van der Waals surface area (Å²) in [5.74, 6) is 0. The van der Waals surface area contributed by atoms with Crippen LogP contribution in [0.1, 0.15) is 0 Å². The largest absolute Gasteiger partial charge is 0.339 e. The van der Waals surface area contributed by atoms with Gasteiger partial charge in [0, 0.05) is 13.2 Å². The quantitative estimate of drug-likeness (QED) is 0.925. The molecule has 1 heterocycles. The highest BCUT2D eigenvalue weighted by Crippen LogP contribution is 2.31. The third-order valence-electron chi connectivity index (χ3n) is 2.15. The number of halogens is 2. The summed E-state index contributed by atoms with van der Waals surface area (Å²) in [6, 6.07) is 4.92. The van der Waals surface area contributed by atoms with Gasteiger partial charge in [-0.3, -0.25) is 4.72 Å². The summed E-state index contributed by atoms with van der Waals surface area (Å²) < 4.78 is 28.5. The lowest BCUT2D eigenvalue weighted by Crippen LogP contribution is -2.13. The number of anilines is 1. The number of aromatic nitrogens is 2. The van der Waals surface area contributed by atoms with Gasteiger partial charge < -0.3 is 4.57 Å². The molecule has 0 aliphatic heterocycles. The lowest BCUT2D eigenvalue weighted by atomic mass is 10.3. The first-order valence-electron chi connectivity index (χ1n) is 4.85. The number of benzene rings is 1. The molecule has 0 aliphatic carbocycles. The van der Waals surface area contributed by atoms with E-state index >= 15 is 0 Å². The van der Waals surface area contributed by atoms with Crippen LogP contribution in [-0.4, -0.2) is 18.0 Å². The van der Waals surface area contributed by atoms with E-state index in [-0.39, 0.29) is 5.03 Å². The van der Waals surface area contributed by atoms with Gasteiger partial charge in [0.15, 0.2) is 5.03 Å². The van der Waals surface area contributed by atoms with Gasteiger partial charge in [0.2, 0.25) is 0 Å². The first-order chi connectivity index (χ1) is 8.40. The van der Waals surface area contributed by atoms with Crippen molar-refractivity contribution in [1.29, 1.82) is 0 Å². The number of sulfonamides is 1. The molecular weight excluding hydrogens is 342 g/mol. The molecule has 2 rings (SSSR count). The molecule has 0 fully saturated rings. The van der Waals surface area contributed by atoms with Gasteiger partial charge in [-0.2, -0.15) is 8.42 Å². The van der Waals surface area contributed by atoms with Crippen molar-refractivity contribution < 1.29 is 8.42 Å². The topological polar surface area (TPSA) is 64.0 Å². The summed E-state index contributed by atoms with van der Waals surface area (Å²) >= 11 is 9.12. The van der Waals surface area contributed by atoms with Crippen molar-refractivity contribution in [3.63, 3.8) is 0 Å². The molecule has 0 saturated heterocycles. The Morgan fingerprint density at radius 2 is 2.17 bits per heavy atom. The summed E-state index contributed by atoms with van der Waals surface area (Å²) in [6.45, 7) is 0. The van der Waals surface area contributed by atoms with Crippen LogP contribution >= 0.6 is 27.5 Å². The van der Waals surface area contributed by atoms with Gasteiger partial charge in [0.05, 0.1) is 21.5 Å². The third-order valence-corrected chi connectivity index (χ3v) is 4.80. The van der Waals surface area contributed by atoms with E-state index in [0.717, 1.165) is 0 Å². The maximum absolute atomic E-state index is 12.0. The maximum atomic E-state index is 12.0. The maximum Gasteiger partial charge on any atom is 0.280 e. The van der Waals surface area contributed by atoms with Gasteiger partial charge in [-0.1, -0.05) is 17.7 Å². The molecule has 0 amide bonds. The number of hydrogen-bond donors (Lipinski definition) is 1. The van der Waals surface area contributed by atoms with Crippen molar-refractivity contribution in [3.8, 4) is 0 Å². The number of imidazole rings is 1. The van der Waals surface area contributed by atoms with Crippen molar-refractivity contribution in [2.24, 2.45) is 7.05 Å². The first-order valence-corrected chi connectivity index (χ1v) is 7.50. The second kappa shape index (κ2) is 4.91. The molecule has 0 spiro atoms. The van der Waals surface area contributed by atoms with Gasteiger partial charge in [-0.25, -0.2) is 4.98 Å². The third kappa shape index (κ3) is 2.68. The lowest BCUT2D eigenvalue weighted by Gasteiger charge is -2.08. The zero-order chi connectivity index (χ0) is 13.3. The Labute approximate surface area is 118 Å². The van der Waals surface area contributed by atoms with Crippen LogP contribution in [0.25, 0.3) is 0 Å². The normalized spacial score (nSPS) is 11.5. The fourth-order valence-corrected chi connectivity index (χ4v) is 3.03. The molecule has 1 aromatic carbocycles. The average Bonchev–Trinajstić information content (AvgIpc) is 2.72. The summed E-state index contributed by atoms with van der Waals surface area (Å²) in [6.07, 6.45) is 2.84. The molecule has 1 aromatic heterocycles. The number of aryl methyl sites for hydroxylation is 1. The van der Waals surface area contributed by atoms with E-state index < -0.39 is 10.0 Å². The van der Waals surface area contributed by atoms with E-state index in [1.165, 1.54) is 12.5 Å². The van der Waals surface area contributed by atoms with E-state index in [9.17, 15) is 8.42 Å². The van der Waals surface area contributed by atoms with Crippen LogP contribution in [0, 0.1) is 0 Å². The standard InChI is InChI=1S/C10H9BrClN3O2S/c1-15-5-9(13-6-15)18(16,17)14-8-4-2-3-7(12)10(8)11/h2-6,14H,1H3. The Morgan fingerprint density at radius 1 is 1.44 bits per heavy atom. The van der Waals surface area contributed by atoms with Gasteiger partial charge in [-0.05, 0) is 28.1 Å². The van der Waals surface area contributed by atoms with Crippen LogP contribution < -0.4 is 4.72 Å². The van der Waals surface area contributed by atoms with Crippen LogP contribution in [0.3, 0.4) is 0 Å². The number of hydrogen-bond acceptors (Lipinski definition) is 3.